The van der Waals surface area contributed by atoms with Gasteiger partial charge in [-0.05, 0) is 97.8 Å². The summed E-state index contributed by atoms with van der Waals surface area (Å²) in [5.41, 5.74) is 8.77. The molecule has 2 aliphatic heterocycles. The average Bonchev–Trinajstić information content (AvgIpc) is 3.73. The Labute approximate surface area is 455 Å². The largest absolute Gasteiger partial charge is 0.541 e. The molecule has 76 heavy (non-hydrogen) atoms. The Hall–Kier alpha value is -5.29. The maximum absolute atomic E-state index is 14.9. The lowest BCUT2D eigenvalue weighted by molar-refractivity contribution is -0.0597. The van der Waals surface area contributed by atoms with Gasteiger partial charge in [-0.1, -0.05) is 97.0 Å². The number of amides is 1. The number of phenols is 1. The van der Waals surface area contributed by atoms with E-state index < -0.39 is 47.0 Å². The van der Waals surface area contributed by atoms with Crippen LogP contribution in [0.4, 0.5) is 4.79 Å². The molecule has 1 aliphatic carbocycles. The minimum atomic E-state index is -2.43. The highest BCUT2D eigenvalue weighted by atomic mass is 28.4. The van der Waals surface area contributed by atoms with E-state index in [1.54, 1.807) is 21.3 Å². The number of carbonyl (C=O) groups is 1. The Morgan fingerprint density at radius 1 is 0.882 bits per heavy atom. The lowest BCUT2D eigenvalue weighted by atomic mass is 9.79. The van der Waals surface area contributed by atoms with E-state index in [2.05, 4.69) is 112 Å². The zero-order valence-electron chi connectivity index (χ0n) is 48.4. The minimum Gasteiger partial charge on any atom is -0.541 e. The highest BCUT2D eigenvalue weighted by Crippen LogP contribution is 2.53. The van der Waals surface area contributed by atoms with Crippen molar-refractivity contribution in [2.24, 2.45) is 0 Å². The average molecular weight is 1080 g/mol. The Kier molecular flexibility index (Phi) is 18.3. The van der Waals surface area contributed by atoms with Crippen molar-refractivity contribution in [2.75, 3.05) is 68.4 Å². The van der Waals surface area contributed by atoms with Crippen LogP contribution in [0.2, 0.25) is 35.8 Å². The standard InChI is InChI=1S/C60H86N4O10Si2/c1-36(2)76(18,37(3)4)73-29-27-41-34-64(28-30-71-41)58(61-10)49-33-46-51(53(65)57(70-15)39(6)55(46)68-13)52(63(49)11)48(31-40-32-50(74-75(16,17)60(7,8)9)56(69-14)38(5)54(40)67-12)62-59(66)72-35-47-44-25-21-19-23-42(44)43-24-20-22-26-45(43)47/h19-26,32,36-37,41,47-49,52,58,65H,27-31,33-35H2,1-9,11-18H3,(H,62,66)/t41-,48?,49?,52?,58-/m0/s1. The van der Waals surface area contributed by atoms with Crippen molar-refractivity contribution in [3.63, 3.8) is 0 Å². The number of likely N-dealkylation sites (N-methyl/N-ethyl adjacent to an activating group) is 1. The van der Waals surface area contributed by atoms with E-state index in [-0.39, 0.29) is 41.6 Å². The molecule has 1 saturated heterocycles. The van der Waals surface area contributed by atoms with Gasteiger partial charge in [0.15, 0.2) is 25.6 Å². The van der Waals surface area contributed by atoms with Gasteiger partial charge in [0.05, 0.1) is 53.2 Å². The van der Waals surface area contributed by atoms with Gasteiger partial charge in [0.1, 0.15) is 29.9 Å². The Bertz CT molecular complexity index is 2700. The third-order valence-electron chi connectivity index (χ3n) is 17.5. The molecule has 3 unspecified atom stereocenters. The lowest BCUT2D eigenvalue weighted by Gasteiger charge is -2.47. The summed E-state index contributed by atoms with van der Waals surface area (Å²) in [6, 6.07) is 16.4. The summed E-state index contributed by atoms with van der Waals surface area (Å²) in [6.07, 6.45) is -0.151. The molecule has 1 fully saturated rings. The molecule has 3 aliphatic rings. The number of carbonyl (C=O) groups excluding carboxylic acids is 1. The number of rotatable bonds is 20. The fourth-order valence-corrected chi connectivity index (χ4v) is 15.3. The molecule has 0 saturated carbocycles. The first kappa shape index (κ1) is 58.4. The summed E-state index contributed by atoms with van der Waals surface area (Å²) in [6.45, 7) is 37.4. The van der Waals surface area contributed by atoms with Gasteiger partial charge in [-0.25, -0.2) is 16.3 Å². The van der Waals surface area contributed by atoms with E-state index in [0.29, 0.717) is 84.4 Å². The molecule has 14 nitrogen and oxygen atoms in total. The van der Waals surface area contributed by atoms with Crippen LogP contribution in [-0.2, 0) is 26.7 Å². The highest BCUT2D eigenvalue weighted by molar-refractivity contribution is 6.75. The van der Waals surface area contributed by atoms with Crippen molar-refractivity contribution >= 4 is 22.7 Å². The van der Waals surface area contributed by atoms with Crippen LogP contribution in [0.15, 0.2) is 54.6 Å². The van der Waals surface area contributed by atoms with Crippen molar-refractivity contribution in [1.82, 2.24) is 15.1 Å². The fraction of sp³-hybridized carbons (Fsp3) is 0.567. The third kappa shape index (κ3) is 11.3. The third-order valence-corrected chi connectivity index (χ3v) is 27.3. The molecule has 7 rings (SSSR count). The maximum atomic E-state index is 14.9. The molecule has 0 bridgehead atoms. The number of nitrogens with one attached hydrogen (secondary N) is 1. The second kappa shape index (κ2) is 23.8. The molecule has 0 radical (unpaired) electrons. The van der Waals surface area contributed by atoms with Crippen LogP contribution in [0.25, 0.3) is 16.0 Å². The number of aromatic hydroxyl groups is 1. The Balaban J connectivity index is 1.33. The van der Waals surface area contributed by atoms with Gasteiger partial charge in [0.2, 0.25) is 0 Å². The smallest absolute Gasteiger partial charge is 0.407 e. The molecule has 4 aromatic rings. The molecule has 1 amide bonds. The zero-order valence-corrected chi connectivity index (χ0v) is 50.4. The van der Waals surface area contributed by atoms with Crippen LogP contribution < -0.4 is 28.7 Å². The topological polar surface area (TPSA) is 134 Å². The first-order valence-electron chi connectivity index (χ1n) is 27.1. The summed E-state index contributed by atoms with van der Waals surface area (Å²) in [7, 11) is 3.98. The predicted octanol–water partition coefficient (Wildman–Crippen LogP) is 12.2. The van der Waals surface area contributed by atoms with Gasteiger partial charge in [-0.3, -0.25) is 9.74 Å². The van der Waals surface area contributed by atoms with Crippen LogP contribution in [0, 0.1) is 20.4 Å². The normalized spacial score (nSPS) is 19.1. The Morgan fingerprint density at radius 2 is 1.46 bits per heavy atom. The van der Waals surface area contributed by atoms with Crippen molar-refractivity contribution < 1.29 is 47.2 Å². The highest BCUT2D eigenvalue weighted by Gasteiger charge is 2.50. The van der Waals surface area contributed by atoms with Crippen LogP contribution in [0.1, 0.15) is 106 Å². The molecular weight excluding hydrogens is 993 g/mol. The zero-order chi connectivity index (χ0) is 55.6. The van der Waals surface area contributed by atoms with Crippen molar-refractivity contribution in [1.29, 1.82) is 0 Å². The molecule has 4 aromatic carbocycles. The number of hydrogen-bond donors (Lipinski definition) is 2. The van der Waals surface area contributed by atoms with Crippen LogP contribution in [0.3, 0.4) is 0 Å². The van der Waals surface area contributed by atoms with E-state index >= 15 is 0 Å². The summed E-state index contributed by atoms with van der Waals surface area (Å²) in [5.74, 6) is 2.31. The second-order valence-corrected chi connectivity index (χ2v) is 33.0. The second-order valence-electron chi connectivity index (χ2n) is 23.3. The van der Waals surface area contributed by atoms with Gasteiger partial charge in [-0.15, -0.1) is 0 Å². The quantitative estimate of drug-likeness (QED) is 0.0644. The number of alkyl carbamates (subject to hydrolysis) is 1. The van der Waals surface area contributed by atoms with Gasteiger partial charge in [-0.2, -0.15) is 0 Å². The molecule has 5 atom stereocenters. The van der Waals surface area contributed by atoms with E-state index in [9.17, 15) is 9.90 Å². The van der Waals surface area contributed by atoms with E-state index in [0.717, 1.165) is 38.9 Å². The first-order chi connectivity index (χ1) is 36.0. The summed E-state index contributed by atoms with van der Waals surface area (Å²) in [4.78, 5) is 23.7. The molecule has 16 heteroatoms. The number of methoxy groups -OCH3 is 4. The maximum Gasteiger partial charge on any atom is 0.407 e. The van der Waals surface area contributed by atoms with Gasteiger partial charge in [0, 0.05) is 59.9 Å². The molecule has 414 valence electrons. The number of phenolic OH excluding ortho intramolecular Hbond substituents is 1. The van der Waals surface area contributed by atoms with E-state index in [1.165, 1.54) is 7.11 Å². The van der Waals surface area contributed by atoms with E-state index in [1.807, 2.05) is 51.2 Å². The molecule has 2 heterocycles. The molecule has 2 N–H and O–H groups in total. The van der Waals surface area contributed by atoms with Crippen molar-refractivity contribution in [3.8, 4) is 45.6 Å². The number of benzene rings is 4. The molecule has 0 spiro atoms. The van der Waals surface area contributed by atoms with Crippen molar-refractivity contribution in [3.05, 3.63) is 105 Å². The number of morpholine rings is 1. The monoisotopic (exact) mass is 1080 g/mol. The predicted molar refractivity (Wildman–Crippen MR) is 306 cm³/mol. The molecular formula is C60H86N4O10Si2. The summed E-state index contributed by atoms with van der Waals surface area (Å²) >= 11 is 0. The van der Waals surface area contributed by atoms with E-state index in [4.69, 9.17) is 43.8 Å². The van der Waals surface area contributed by atoms with Gasteiger partial charge < -0.3 is 47.7 Å². The Morgan fingerprint density at radius 3 is 2.01 bits per heavy atom. The first-order valence-corrected chi connectivity index (χ1v) is 32.5. The number of nitrogens with zero attached hydrogens (tertiary/aromatic N) is 3. The summed E-state index contributed by atoms with van der Waals surface area (Å²) < 4.78 is 51.1. The number of ether oxygens (including phenoxy) is 6. The summed E-state index contributed by atoms with van der Waals surface area (Å²) in [5, 5.41) is 15.9. The molecule has 0 aromatic heterocycles. The van der Waals surface area contributed by atoms with Crippen LogP contribution in [0.5, 0.6) is 34.5 Å². The van der Waals surface area contributed by atoms with Crippen LogP contribution >= 0.6 is 0 Å². The van der Waals surface area contributed by atoms with Crippen LogP contribution in [-0.4, -0.2) is 130 Å². The lowest BCUT2D eigenvalue weighted by Crippen LogP contribution is -2.60. The number of fused-ring (bicyclic) bond motifs is 4. The SMILES string of the molecule is [C-]#[N+][C@H](C1Cc2c(OC)c(C)c(OC)c(O)c2C(C(Cc2cc(O[Si](C)(C)C(C)(C)C)c(OC)c(C)c2OC)NC(=O)OCC2c3ccccc3-c3ccccc32)N1C)N1CCO[C@@H](CCO[Si](C)(C(C)C)C(C)C)C1. The fourth-order valence-electron chi connectivity index (χ4n) is 11.8. The number of hydrogen-bond acceptors (Lipinski definition) is 12. The van der Waals surface area contributed by atoms with Gasteiger partial charge in [0.25, 0.3) is 14.5 Å². The van der Waals surface area contributed by atoms with Crippen molar-refractivity contribution in [2.45, 2.75) is 154 Å². The van der Waals surface area contributed by atoms with Gasteiger partial charge >= 0.3 is 6.09 Å². The minimum absolute atomic E-state index is 0.0607.